The highest BCUT2D eigenvalue weighted by molar-refractivity contribution is 5.91. The van der Waals surface area contributed by atoms with Crippen molar-refractivity contribution in [3.05, 3.63) is 23.3 Å². The van der Waals surface area contributed by atoms with Crippen molar-refractivity contribution in [3.8, 4) is 6.07 Å². The molecular formula is C20H25NO. The van der Waals surface area contributed by atoms with E-state index >= 15 is 0 Å². The summed E-state index contributed by atoms with van der Waals surface area (Å²) >= 11 is 0. The second-order valence-corrected chi connectivity index (χ2v) is 8.39. The third-order valence-corrected chi connectivity index (χ3v) is 7.66. The lowest BCUT2D eigenvalue weighted by Crippen LogP contribution is -2.50. The van der Waals surface area contributed by atoms with Gasteiger partial charge in [0.15, 0.2) is 5.78 Å². The van der Waals surface area contributed by atoms with Crippen molar-refractivity contribution in [3.63, 3.8) is 0 Å². The Hall–Kier alpha value is -1.36. The van der Waals surface area contributed by atoms with Crippen molar-refractivity contribution in [1.82, 2.24) is 0 Å². The van der Waals surface area contributed by atoms with Crippen LogP contribution in [-0.4, -0.2) is 5.78 Å². The van der Waals surface area contributed by atoms with Crippen molar-refractivity contribution in [2.75, 3.05) is 0 Å². The lowest BCUT2D eigenvalue weighted by atomic mass is 9.47. The lowest BCUT2D eigenvalue weighted by Gasteiger charge is -2.57. The van der Waals surface area contributed by atoms with E-state index in [0.717, 1.165) is 43.6 Å². The zero-order valence-corrected chi connectivity index (χ0v) is 13.7. The van der Waals surface area contributed by atoms with Crippen LogP contribution in [0.1, 0.15) is 58.8 Å². The summed E-state index contributed by atoms with van der Waals surface area (Å²) in [5.74, 6) is 2.43. The minimum Gasteiger partial charge on any atom is -0.295 e. The van der Waals surface area contributed by atoms with Crippen LogP contribution in [0.15, 0.2) is 23.3 Å². The van der Waals surface area contributed by atoms with E-state index in [2.05, 4.69) is 26.0 Å². The molecule has 0 saturated heterocycles. The monoisotopic (exact) mass is 295 g/mol. The first-order chi connectivity index (χ1) is 10.5. The molecule has 0 N–H and O–H groups in total. The molecule has 22 heavy (non-hydrogen) atoms. The van der Waals surface area contributed by atoms with Crippen LogP contribution in [0.25, 0.3) is 0 Å². The van der Waals surface area contributed by atoms with E-state index in [1.54, 1.807) is 0 Å². The predicted octanol–water partition coefficient (Wildman–Crippen LogP) is 4.58. The van der Waals surface area contributed by atoms with Crippen molar-refractivity contribution in [2.45, 2.75) is 58.8 Å². The van der Waals surface area contributed by atoms with E-state index in [4.69, 9.17) is 0 Å². The summed E-state index contributed by atoms with van der Waals surface area (Å²) in [7, 11) is 0. The Morgan fingerprint density at radius 1 is 1.14 bits per heavy atom. The van der Waals surface area contributed by atoms with Gasteiger partial charge in [-0.15, -0.1) is 0 Å². The number of hydrogen-bond acceptors (Lipinski definition) is 2. The van der Waals surface area contributed by atoms with Crippen molar-refractivity contribution < 1.29 is 4.79 Å². The first-order valence-electron chi connectivity index (χ1n) is 8.83. The molecule has 4 aliphatic rings. The second-order valence-electron chi connectivity index (χ2n) is 8.39. The van der Waals surface area contributed by atoms with Gasteiger partial charge in [-0.3, -0.25) is 4.79 Å². The Bertz CT molecular complexity index is 637. The minimum absolute atomic E-state index is 0.123. The van der Waals surface area contributed by atoms with Crippen molar-refractivity contribution in [2.24, 2.45) is 28.6 Å². The number of carbonyl (C=O) groups excluding carboxylic acids is 1. The second kappa shape index (κ2) is 4.57. The molecule has 0 aliphatic heterocycles. The predicted molar refractivity (Wildman–Crippen MR) is 85.8 cm³/mol. The Morgan fingerprint density at radius 3 is 2.73 bits per heavy atom. The molecule has 0 bridgehead atoms. The van der Waals surface area contributed by atoms with Gasteiger partial charge in [-0.2, -0.15) is 5.26 Å². The summed E-state index contributed by atoms with van der Waals surface area (Å²) in [5, 5.41) is 9.47. The van der Waals surface area contributed by atoms with Crippen LogP contribution in [0, 0.1) is 39.9 Å². The molecule has 0 heterocycles. The molecule has 2 fully saturated rings. The first kappa shape index (κ1) is 14.2. The van der Waals surface area contributed by atoms with E-state index in [0.29, 0.717) is 17.6 Å². The van der Waals surface area contributed by atoms with Gasteiger partial charge in [0, 0.05) is 17.4 Å². The summed E-state index contributed by atoms with van der Waals surface area (Å²) in [6, 6.07) is 2.48. The number of nitrogens with zero attached hydrogens (tertiary/aromatic N) is 1. The van der Waals surface area contributed by atoms with Crippen LogP contribution in [0.4, 0.5) is 0 Å². The molecule has 0 aromatic rings. The number of carbonyl (C=O) groups is 1. The average Bonchev–Trinajstić information content (AvgIpc) is 2.84. The van der Waals surface area contributed by atoms with Crippen LogP contribution in [0.3, 0.4) is 0 Å². The number of allylic oxidation sites excluding steroid dienone is 4. The van der Waals surface area contributed by atoms with Crippen LogP contribution >= 0.6 is 0 Å². The number of hydrogen-bond donors (Lipinski definition) is 0. The van der Waals surface area contributed by atoms with Gasteiger partial charge < -0.3 is 0 Å². The molecule has 0 radical (unpaired) electrons. The minimum atomic E-state index is 0.123. The third kappa shape index (κ3) is 1.69. The van der Waals surface area contributed by atoms with Crippen LogP contribution in [-0.2, 0) is 4.79 Å². The third-order valence-electron chi connectivity index (χ3n) is 7.66. The molecular weight excluding hydrogens is 270 g/mol. The van der Waals surface area contributed by atoms with Gasteiger partial charge in [0.25, 0.3) is 0 Å². The average molecular weight is 295 g/mol. The lowest BCUT2D eigenvalue weighted by molar-refractivity contribution is -0.117. The van der Waals surface area contributed by atoms with Gasteiger partial charge in [-0.05, 0) is 67.8 Å². The number of rotatable bonds is 0. The molecule has 2 heteroatoms. The summed E-state index contributed by atoms with van der Waals surface area (Å²) < 4.78 is 0. The molecule has 0 aromatic heterocycles. The largest absolute Gasteiger partial charge is 0.295 e. The Kier molecular flexibility index (Phi) is 2.96. The zero-order chi connectivity index (χ0) is 15.5. The molecule has 2 nitrogen and oxygen atoms in total. The maximum absolute atomic E-state index is 11.8. The fourth-order valence-electron chi connectivity index (χ4n) is 6.30. The van der Waals surface area contributed by atoms with Gasteiger partial charge in [-0.25, -0.2) is 0 Å². The van der Waals surface area contributed by atoms with Crippen molar-refractivity contribution in [1.29, 1.82) is 5.26 Å². The molecule has 2 saturated carbocycles. The molecule has 0 spiro atoms. The Balaban J connectivity index is 1.69. The van der Waals surface area contributed by atoms with E-state index in [-0.39, 0.29) is 10.8 Å². The molecule has 5 atom stereocenters. The topological polar surface area (TPSA) is 40.9 Å². The molecule has 0 aromatic carbocycles. The normalized spacial score (nSPS) is 46.8. The molecule has 1 unspecified atom stereocenters. The van der Waals surface area contributed by atoms with E-state index < -0.39 is 0 Å². The van der Waals surface area contributed by atoms with E-state index in [9.17, 15) is 10.1 Å². The first-order valence-corrected chi connectivity index (χ1v) is 8.83. The number of fused-ring (bicyclic) bond motifs is 5. The van der Waals surface area contributed by atoms with Crippen LogP contribution in [0.2, 0.25) is 0 Å². The maximum atomic E-state index is 11.8. The van der Waals surface area contributed by atoms with E-state index in [1.807, 2.05) is 6.08 Å². The smallest absolute Gasteiger partial charge is 0.155 e. The molecule has 4 rings (SSSR count). The van der Waals surface area contributed by atoms with Gasteiger partial charge in [0.1, 0.15) is 0 Å². The highest BCUT2D eigenvalue weighted by atomic mass is 16.1. The standard InChI is InChI=1S/C20H25NO/c1-19-9-7-15(22)11-13(19)3-5-16-17-6-4-14(12-21)20(17,2)10-8-18(16)19/h4,11,16-18H,3,5-10H2,1-2H3/t16-,17+,18+,19-,20?/m0/s1. The summed E-state index contributed by atoms with van der Waals surface area (Å²) in [4.78, 5) is 11.8. The Labute approximate surface area is 133 Å². The van der Waals surface area contributed by atoms with Gasteiger partial charge in [-0.1, -0.05) is 25.5 Å². The molecule has 116 valence electrons. The van der Waals surface area contributed by atoms with Crippen LogP contribution < -0.4 is 0 Å². The highest BCUT2D eigenvalue weighted by Gasteiger charge is 2.57. The fraction of sp³-hybridized carbons (Fsp3) is 0.700. The summed E-state index contributed by atoms with van der Waals surface area (Å²) in [6.45, 7) is 4.74. The van der Waals surface area contributed by atoms with Gasteiger partial charge >= 0.3 is 0 Å². The number of nitriles is 1. The van der Waals surface area contributed by atoms with Crippen LogP contribution in [0.5, 0.6) is 0 Å². The quantitative estimate of drug-likeness (QED) is 0.656. The number of ketones is 1. The SMILES string of the molecule is CC12CC[C@@H]3[C@@H](CCC4=CC(=O)CC[C@@]43C)[C@H]1CC=C2C#N. The maximum Gasteiger partial charge on any atom is 0.155 e. The molecule has 4 aliphatic carbocycles. The highest BCUT2D eigenvalue weighted by Crippen LogP contribution is 2.65. The fourth-order valence-corrected chi connectivity index (χ4v) is 6.30. The van der Waals surface area contributed by atoms with Gasteiger partial charge in [0.05, 0.1) is 6.07 Å². The van der Waals surface area contributed by atoms with Crippen molar-refractivity contribution >= 4 is 5.78 Å². The molecule has 0 amide bonds. The van der Waals surface area contributed by atoms with E-state index in [1.165, 1.54) is 18.4 Å². The summed E-state index contributed by atoms with van der Waals surface area (Å²) in [5.41, 5.74) is 2.84. The summed E-state index contributed by atoms with van der Waals surface area (Å²) in [6.07, 6.45) is 11.7. The van der Waals surface area contributed by atoms with Gasteiger partial charge in [0.2, 0.25) is 0 Å². The Morgan fingerprint density at radius 2 is 1.95 bits per heavy atom. The zero-order valence-electron chi connectivity index (χ0n) is 13.7.